The maximum atomic E-state index is 11.6. The molecule has 1 aromatic rings. The normalized spacial score (nSPS) is 9.56. The average molecular weight is 251 g/mol. The van der Waals surface area contributed by atoms with Crippen LogP contribution in [0.5, 0.6) is 5.75 Å². The Morgan fingerprint density at radius 2 is 1.94 bits per heavy atom. The maximum Gasteiger partial charge on any atom is 0.338 e. The number of nitrogens with zero attached hydrogens (tertiary/aromatic N) is 1. The molecule has 1 rings (SSSR count). The van der Waals surface area contributed by atoms with Crippen molar-refractivity contribution in [1.82, 2.24) is 10.4 Å². The van der Waals surface area contributed by atoms with Gasteiger partial charge in [0.05, 0.1) is 7.11 Å². The average Bonchev–Trinajstić information content (AvgIpc) is 2.27. The quantitative estimate of drug-likeness (QED) is 0.783. The topological polar surface area (TPSA) is 70.7 Å². The highest BCUT2D eigenvalue weighted by molar-refractivity contribution is 5.90. The number of nitrogens with one attached hydrogen (secondary N) is 2. The van der Waals surface area contributed by atoms with Crippen LogP contribution in [-0.4, -0.2) is 31.1 Å². The molecule has 0 aliphatic rings. The summed E-state index contributed by atoms with van der Waals surface area (Å²) in [5.74, 6) is 0.400. The van der Waals surface area contributed by atoms with Gasteiger partial charge in [-0.25, -0.2) is 10.2 Å². The highest BCUT2D eigenvalue weighted by Gasteiger charge is 2.08. The van der Waals surface area contributed by atoms with Gasteiger partial charge in [-0.1, -0.05) is 0 Å². The molecule has 0 saturated heterocycles. The molecule has 3 amide bonds. The Kier molecular flexibility index (Phi) is 4.53. The minimum Gasteiger partial charge on any atom is -0.497 e. The van der Waals surface area contributed by atoms with E-state index in [-0.39, 0.29) is 5.91 Å². The number of ether oxygens (including phenoxy) is 1. The first-order chi connectivity index (χ1) is 8.42. The summed E-state index contributed by atoms with van der Waals surface area (Å²) in [6, 6.07) is 4.86. The Balaban J connectivity index is 2.70. The fourth-order valence-electron chi connectivity index (χ4n) is 1.33. The van der Waals surface area contributed by atoms with Crippen LogP contribution in [0.15, 0.2) is 18.2 Å². The summed E-state index contributed by atoms with van der Waals surface area (Å²) < 4.78 is 5.10. The van der Waals surface area contributed by atoms with Gasteiger partial charge in [0.2, 0.25) is 5.91 Å². The number of aryl methyl sites for hydroxylation is 1. The Labute approximate surface area is 106 Å². The largest absolute Gasteiger partial charge is 0.497 e. The van der Waals surface area contributed by atoms with Crippen molar-refractivity contribution in [2.45, 2.75) is 13.8 Å². The van der Waals surface area contributed by atoms with Crippen molar-refractivity contribution in [3.63, 3.8) is 0 Å². The van der Waals surface area contributed by atoms with E-state index in [1.54, 1.807) is 19.2 Å². The van der Waals surface area contributed by atoms with Crippen LogP contribution in [-0.2, 0) is 4.79 Å². The Hall–Kier alpha value is -2.24. The second-order valence-corrected chi connectivity index (χ2v) is 3.88. The summed E-state index contributed by atoms with van der Waals surface area (Å²) in [4.78, 5) is 22.5. The number of urea groups is 1. The summed E-state index contributed by atoms with van der Waals surface area (Å²) in [7, 11) is 3.03. The number of anilines is 1. The fourth-order valence-corrected chi connectivity index (χ4v) is 1.33. The minimum atomic E-state index is -0.486. The van der Waals surface area contributed by atoms with Gasteiger partial charge in [-0.15, -0.1) is 0 Å². The highest BCUT2D eigenvalue weighted by Crippen LogP contribution is 2.19. The lowest BCUT2D eigenvalue weighted by molar-refractivity contribution is -0.129. The molecule has 0 spiro atoms. The lowest BCUT2D eigenvalue weighted by Gasteiger charge is -2.17. The van der Waals surface area contributed by atoms with Gasteiger partial charge >= 0.3 is 6.03 Å². The van der Waals surface area contributed by atoms with E-state index in [0.29, 0.717) is 11.4 Å². The summed E-state index contributed by atoms with van der Waals surface area (Å²) in [6.45, 7) is 3.25. The molecule has 98 valence electrons. The van der Waals surface area contributed by atoms with Gasteiger partial charge in [0.15, 0.2) is 0 Å². The Bertz CT molecular complexity index is 460. The molecule has 0 bridgehead atoms. The molecule has 6 nitrogen and oxygen atoms in total. The van der Waals surface area contributed by atoms with Crippen molar-refractivity contribution in [3.8, 4) is 5.75 Å². The van der Waals surface area contributed by atoms with Gasteiger partial charge < -0.3 is 10.1 Å². The molecule has 0 aromatic heterocycles. The van der Waals surface area contributed by atoms with E-state index in [1.165, 1.54) is 14.0 Å². The van der Waals surface area contributed by atoms with Gasteiger partial charge in [-0.2, -0.15) is 0 Å². The Morgan fingerprint density at radius 3 is 2.50 bits per heavy atom. The molecule has 0 fully saturated rings. The number of amides is 3. The number of hydrogen-bond acceptors (Lipinski definition) is 3. The van der Waals surface area contributed by atoms with Crippen molar-refractivity contribution >= 4 is 17.6 Å². The molecule has 0 unspecified atom stereocenters. The molecule has 2 N–H and O–H groups in total. The molecule has 0 heterocycles. The van der Waals surface area contributed by atoms with Crippen LogP contribution in [0.3, 0.4) is 0 Å². The van der Waals surface area contributed by atoms with Crippen LogP contribution in [0, 0.1) is 6.92 Å². The molecule has 0 atom stereocenters. The van der Waals surface area contributed by atoms with Gasteiger partial charge in [0.1, 0.15) is 5.75 Å². The third-order valence-corrected chi connectivity index (χ3v) is 2.29. The summed E-state index contributed by atoms with van der Waals surface area (Å²) in [5, 5.41) is 3.72. The Morgan fingerprint density at radius 1 is 1.28 bits per heavy atom. The standard InChI is InChI=1S/C12H17N3O3/c1-8-5-10(7-11(6-8)18-4)13-12(17)14-15(3)9(2)16/h5-7H,1-4H3,(H2,13,14,17). The number of methoxy groups -OCH3 is 1. The minimum absolute atomic E-state index is 0.257. The van der Waals surface area contributed by atoms with Crippen LogP contribution in [0.4, 0.5) is 10.5 Å². The third kappa shape index (κ3) is 3.97. The van der Waals surface area contributed by atoms with Crippen LogP contribution in [0.1, 0.15) is 12.5 Å². The van der Waals surface area contributed by atoms with E-state index in [1.807, 2.05) is 13.0 Å². The zero-order valence-corrected chi connectivity index (χ0v) is 10.9. The van der Waals surface area contributed by atoms with E-state index >= 15 is 0 Å². The second kappa shape index (κ2) is 5.90. The van der Waals surface area contributed by atoms with Crippen LogP contribution < -0.4 is 15.5 Å². The van der Waals surface area contributed by atoms with Crippen LogP contribution >= 0.6 is 0 Å². The predicted molar refractivity (Wildman–Crippen MR) is 68.3 cm³/mol. The van der Waals surface area contributed by atoms with Crippen LogP contribution in [0.25, 0.3) is 0 Å². The molecular weight excluding hydrogens is 234 g/mol. The SMILES string of the molecule is COc1cc(C)cc(NC(=O)NN(C)C(C)=O)c1. The van der Waals surface area contributed by atoms with Crippen molar-refractivity contribution in [2.24, 2.45) is 0 Å². The lowest BCUT2D eigenvalue weighted by Crippen LogP contribution is -2.44. The number of carbonyl (C=O) groups is 2. The number of hydrazine groups is 1. The van der Waals surface area contributed by atoms with Gasteiger partial charge in [0, 0.05) is 25.7 Å². The smallest absolute Gasteiger partial charge is 0.338 e. The van der Waals surface area contributed by atoms with Crippen molar-refractivity contribution < 1.29 is 14.3 Å². The third-order valence-electron chi connectivity index (χ3n) is 2.29. The van der Waals surface area contributed by atoms with Crippen molar-refractivity contribution in [3.05, 3.63) is 23.8 Å². The number of hydrogen-bond donors (Lipinski definition) is 2. The zero-order valence-electron chi connectivity index (χ0n) is 10.9. The maximum absolute atomic E-state index is 11.6. The summed E-state index contributed by atoms with van der Waals surface area (Å²) in [5.41, 5.74) is 3.94. The van der Waals surface area contributed by atoms with Gasteiger partial charge in [-0.3, -0.25) is 9.80 Å². The number of carbonyl (C=O) groups excluding carboxylic acids is 2. The zero-order chi connectivity index (χ0) is 13.7. The summed E-state index contributed by atoms with van der Waals surface area (Å²) >= 11 is 0. The summed E-state index contributed by atoms with van der Waals surface area (Å²) in [6.07, 6.45) is 0. The van der Waals surface area contributed by atoms with Crippen molar-refractivity contribution in [2.75, 3.05) is 19.5 Å². The van der Waals surface area contributed by atoms with Gasteiger partial charge in [0.25, 0.3) is 0 Å². The van der Waals surface area contributed by atoms with E-state index < -0.39 is 6.03 Å². The second-order valence-electron chi connectivity index (χ2n) is 3.88. The molecule has 0 aliphatic heterocycles. The molecule has 0 radical (unpaired) electrons. The first kappa shape index (κ1) is 13.8. The lowest BCUT2D eigenvalue weighted by atomic mass is 10.2. The van der Waals surface area contributed by atoms with E-state index in [4.69, 9.17) is 4.74 Å². The monoisotopic (exact) mass is 251 g/mol. The fraction of sp³-hybridized carbons (Fsp3) is 0.333. The van der Waals surface area contributed by atoms with Crippen LogP contribution in [0.2, 0.25) is 0 Å². The molecule has 0 saturated carbocycles. The number of benzene rings is 1. The molecular formula is C12H17N3O3. The van der Waals surface area contributed by atoms with Gasteiger partial charge in [-0.05, 0) is 24.6 Å². The molecule has 6 heteroatoms. The molecule has 0 aliphatic carbocycles. The molecule has 1 aromatic carbocycles. The first-order valence-electron chi connectivity index (χ1n) is 5.40. The molecule has 18 heavy (non-hydrogen) atoms. The predicted octanol–water partition coefficient (Wildman–Crippen LogP) is 1.52. The van der Waals surface area contributed by atoms with E-state index in [9.17, 15) is 9.59 Å². The highest BCUT2D eigenvalue weighted by atomic mass is 16.5. The van der Waals surface area contributed by atoms with E-state index in [0.717, 1.165) is 10.6 Å². The number of rotatable bonds is 2. The van der Waals surface area contributed by atoms with Crippen molar-refractivity contribution in [1.29, 1.82) is 0 Å². The first-order valence-corrected chi connectivity index (χ1v) is 5.40. The van der Waals surface area contributed by atoms with E-state index in [2.05, 4.69) is 10.7 Å².